The van der Waals surface area contributed by atoms with E-state index in [-0.39, 0.29) is 5.97 Å². The summed E-state index contributed by atoms with van der Waals surface area (Å²) in [6.07, 6.45) is 9.56. The highest BCUT2D eigenvalue weighted by atomic mass is 16.5. The molecule has 1 aliphatic rings. The predicted molar refractivity (Wildman–Crippen MR) is 90.6 cm³/mol. The molecule has 0 radical (unpaired) electrons. The van der Waals surface area contributed by atoms with Crippen molar-refractivity contribution in [2.24, 2.45) is 11.8 Å². The van der Waals surface area contributed by atoms with Crippen LogP contribution in [-0.2, 0) is 9.53 Å². The highest BCUT2D eigenvalue weighted by molar-refractivity contribution is 5.87. The number of hydrogen-bond donors (Lipinski definition) is 0. The molecular formula is C19H24O4. The second-order valence-electron chi connectivity index (χ2n) is 5.76. The lowest BCUT2D eigenvalue weighted by Gasteiger charge is -2.24. The van der Waals surface area contributed by atoms with E-state index >= 15 is 0 Å². The van der Waals surface area contributed by atoms with Gasteiger partial charge in [0, 0.05) is 6.08 Å². The fourth-order valence-electron chi connectivity index (χ4n) is 2.60. The van der Waals surface area contributed by atoms with Crippen molar-refractivity contribution in [3.63, 3.8) is 0 Å². The van der Waals surface area contributed by atoms with Gasteiger partial charge in [-0.05, 0) is 48.4 Å². The van der Waals surface area contributed by atoms with Crippen LogP contribution in [0.15, 0.2) is 36.4 Å². The summed E-state index contributed by atoms with van der Waals surface area (Å²) in [5.74, 6) is 1.94. The number of carbonyl (C=O) groups excluding carboxylic acids is 1. The minimum atomic E-state index is -0.318. The third-order valence-electron chi connectivity index (χ3n) is 4.18. The Hall–Kier alpha value is -2.23. The van der Waals surface area contributed by atoms with Gasteiger partial charge in [0.2, 0.25) is 0 Å². The van der Waals surface area contributed by atoms with E-state index in [0.29, 0.717) is 29.9 Å². The molecule has 2 atom stereocenters. The van der Waals surface area contributed by atoms with Gasteiger partial charge in [0.05, 0.1) is 20.8 Å². The topological polar surface area (TPSA) is 44.8 Å². The molecule has 0 aliphatic heterocycles. The van der Waals surface area contributed by atoms with E-state index < -0.39 is 0 Å². The van der Waals surface area contributed by atoms with Gasteiger partial charge in [0.15, 0.2) is 11.5 Å². The lowest BCUT2D eigenvalue weighted by atomic mass is 9.85. The summed E-state index contributed by atoms with van der Waals surface area (Å²) >= 11 is 0. The number of hydrogen-bond acceptors (Lipinski definition) is 4. The number of rotatable bonds is 6. The second kappa shape index (κ2) is 8.42. The van der Waals surface area contributed by atoms with Crippen molar-refractivity contribution < 1.29 is 19.0 Å². The summed E-state index contributed by atoms with van der Waals surface area (Å²) in [5, 5.41) is 0. The van der Waals surface area contributed by atoms with Crippen LogP contribution in [0.2, 0.25) is 0 Å². The van der Waals surface area contributed by atoms with Crippen LogP contribution < -0.4 is 9.47 Å². The molecule has 0 N–H and O–H groups in total. The van der Waals surface area contributed by atoms with E-state index in [1.807, 2.05) is 12.1 Å². The molecule has 124 valence electrons. The van der Waals surface area contributed by atoms with Crippen molar-refractivity contribution in [2.45, 2.75) is 19.8 Å². The Kier molecular flexibility index (Phi) is 6.27. The van der Waals surface area contributed by atoms with Gasteiger partial charge in [0.25, 0.3) is 0 Å². The van der Waals surface area contributed by atoms with Crippen LogP contribution in [0, 0.1) is 11.8 Å². The molecule has 0 spiro atoms. The molecule has 23 heavy (non-hydrogen) atoms. The number of benzene rings is 1. The van der Waals surface area contributed by atoms with Gasteiger partial charge < -0.3 is 14.2 Å². The van der Waals surface area contributed by atoms with Gasteiger partial charge in [-0.15, -0.1) is 0 Å². The third-order valence-corrected chi connectivity index (χ3v) is 4.18. The van der Waals surface area contributed by atoms with Crippen molar-refractivity contribution in [1.82, 2.24) is 0 Å². The first kappa shape index (κ1) is 17.1. The van der Waals surface area contributed by atoms with E-state index in [2.05, 4.69) is 19.1 Å². The standard InChI is InChI=1S/C19H24O4/c1-14-6-4-5-7-16(14)13-23-19(20)11-9-15-8-10-17(21-2)18(12-15)22-3/h4-5,8-12,14,16H,6-7,13H2,1-3H3. The first-order valence-electron chi connectivity index (χ1n) is 7.86. The maximum atomic E-state index is 11.9. The van der Waals surface area contributed by atoms with Gasteiger partial charge >= 0.3 is 5.97 Å². The molecule has 1 aliphatic carbocycles. The second-order valence-corrected chi connectivity index (χ2v) is 5.76. The molecule has 0 heterocycles. The van der Waals surface area contributed by atoms with E-state index in [4.69, 9.17) is 14.2 Å². The quantitative estimate of drug-likeness (QED) is 0.454. The van der Waals surface area contributed by atoms with Crippen LogP contribution in [0.5, 0.6) is 11.5 Å². The van der Waals surface area contributed by atoms with E-state index in [0.717, 1.165) is 18.4 Å². The number of methoxy groups -OCH3 is 2. The van der Waals surface area contributed by atoms with Crippen LogP contribution in [0.4, 0.5) is 0 Å². The van der Waals surface area contributed by atoms with Crippen LogP contribution in [-0.4, -0.2) is 26.8 Å². The molecule has 1 aromatic carbocycles. The largest absolute Gasteiger partial charge is 0.493 e. The molecule has 0 saturated carbocycles. The van der Waals surface area contributed by atoms with E-state index in [1.165, 1.54) is 6.08 Å². The summed E-state index contributed by atoms with van der Waals surface area (Å²) in [5.41, 5.74) is 0.855. The van der Waals surface area contributed by atoms with Crippen LogP contribution in [0.3, 0.4) is 0 Å². The number of allylic oxidation sites excluding steroid dienone is 2. The van der Waals surface area contributed by atoms with Gasteiger partial charge in [-0.2, -0.15) is 0 Å². The van der Waals surface area contributed by atoms with Crippen molar-refractivity contribution in [3.05, 3.63) is 42.0 Å². The minimum Gasteiger partial charge on any atom is -0.493 e. The smallest absolute Gasteiger partial charge is 0.330 e. The Morgan fingerprint density at radius 2 is 1.91 bits per heavy atom. The molecule has 0 bridgehead atoms. The first-order chi connectivity index (χ1) is 11.1. The lowest BCUT2D eigenvalue weighted by Crippen LogP contribution is -2.21. The van der Waals surface area contributed by atoms with Crippen LogP contribution >= 0.6 is 0 Å². The van der Waals surface area contributed by atoms with Gasteiger partial charge in [-0.3, -0.25) is 0 Å². The molecule has 4 nitrogen and oxygen atoms in total. The first-order valence-corrected chi connectivity index (χ1v) is 7.86. The molecular weight excluding hydrogens is 292 g/mol. The Morgan fingerprint density at radius 1 is 1.17 bits per heavy atom. The average molecular weight is 316 g/mol. The number of carbonyl (C=O) groups is 1. The predicted octanol–water partition coefficient (Wildman–Crippen LogP) is 3.86. The summed E-state index contributed by atoms with van der Waals surface area (Å²) in [6, 6.07) is 5.48. The summed E-state index contributed by atoms with van der Waals surface area (Å²) in [6.45, 7) is 2.67. The zero-order chi connectivity index (χ0) is 16.7. The van der Waals surface area contributed by atoms with Gasteiger partial charge in [0.1, 0.15) is 0 Å². The SMILES string of the molecule is COc1ccc(C=CC(=O)OCC2CC=CCC2C)cc1OC. The zero-order valence-electron chi connectivity index (χ0n) is 14.0. The lowest BCUT2D eigenvalue weighted by molar-refractivity contribution is -0.139. The fourth-order valence-corrected chi connectivity index (χ4v) is 2.60. The Bertz CT molecular complexity index is 589. The molecule has 0 amide bonds. The maximum Gasteiger partial charge on any atom is 0.330 e. The summed E-state index contributed by atoms with van der Waals surface area (Å²) in [4.78, 5) is 11.9. The summed E-state index contributed by atoms with van der Waals surface area (Å²) in [7, 11) is 3.17. The molecule has 4 heteroatoms. The van der Waals surface area contributed by atoms with Gasteiger partial charge in [-0.1, -0.05) is 25.1 Å². The Balaban J connectivity index is 1.89. The molecule has 0 aromatic heterocycles. The third kappa shape index (κ3) is 4.88. The summed E-state index contributed by atoms with van der Waals surface area (Å²) < 4.78 is 15.8. The molecule has 2 rings (SSSR count). The molecule has 2 unspecified atom stereocenters. The Morgan fingerprint density at radius 3 is 2.61 bits per heavy atom. The van der Waals surface area contributed by atoms with Crippen molar-refractivity contribution in [3.8, 4) is 11.5 Å². The highest BCUT2D eigenvalue weighted by Gasteiger charge is 2.19. The van der Waals surface area contributed by atoms with Crippen molar-refractivity contribution in [2.75, 3.05) is 20.8 Å². The maximum absolute atomic E-state index is 11.9. The highest BCUT2D eigenvalue weighted by Crippen LogP contribution is 2.28. The van der Waals surface area contributed by atoms with Crippen molar-refractivity contribution in [1.29, 1.82) is 0 Å². The Labute approximate surface area is 137 Å². The van der Waals surface area contributed by atoms with Crippen molar-refractivity contribution >= 4 is 12.0 Å². The number of ether oxygens (including phenoxy) is 3. The zero-order valence-corrected chi connectivity index (χ0v) is 14.0. The normalized spacial score (nSPS) is 20.5. The fraction of sp³-hybridized carbons (Fsp3) is 0.421. The monoisotopic (exact) mass is 316 g/mol. The van der Waals surface area contributed by atoms with E-state index in [9.17, 15) is 4.79 Å². The van der Waals surface area contributed by atoms with E-state index in [1.54, 1.807) is 26.4 Å². The van der Waals surface area contributed by atoms with Gasteiger partial charge in [-0.25, -0.2) is 4.79 Å². The van der Waals surface area contributed by atoms with Crippen LogP contribution in [0.25, 0.3) is 6.08 Å². The molecule has 1 aromatic rings. The minimum absolute atomic E-state index is 0.318. The van der Waals surface area contributed by atoms with Crippen LogP contribution in [0.1, 0.15) is 25.3 Å². The molecule has 0 saturated heterocycles. The molecule has 0 fully saturated rings. The average Bonchev–Trinajstić information content (AvgIpc) is 2.58. The number of esters is 1.